The lowest BCUT2D eigenvalue weighted by Crippen LogP contribution is -2.49. The quantitative estimate of drug-likeness (QED) is 0.274. The topological polar surface area (TPSA) is 107 Å². The summed E-state index contributed by atoms with van der Waals surface area (Å²) >= 11 is 5.82. The first kappa shape index (κ1) is 23.4. The number of hydrogen-bond acceptors (Lipinski definition) is 6. The summed E-state index contributed by atoms with van der Waals surface area (Å²) in [5.74, 6) is -1.69. The van der Waals surface area contributed by atoms with Crippen LogP contribution in [0.1, 0.15) is 59.4 Å². The average Bonchev–Trinajstić information content (AvgIpc) is 2.77. The van der Waals surface area contributed by atoms with Gasteiger partial charge in [0.25, 0.3) is 11.6 Å². The van der Waals surface area contributed by atoms with E-state index in [1.54, 1.807) is 17.0 Å². The van der Waals surface area contributed by atoms with Crippen molar-refractivity contribution in [3.05, 3.63) is 74.3 Å². The molecule has 9 heteroatoms. The molecule has 0 unspecified atom stereocenters. The monoisotopic (exact) mass is 458 g/mol. The van der Waals surface area contributed by atoms with Gasteiger partial charge in [0.1, 0.15) is 5.02 Å². The van der Waals surface area contributed by atoms with Crippen LogP contribution >= 0.6 is 11.6 Å². The summed E-state index contributed by atoms with van der Waals surface area (Å²) in [6, 6.07) is 9.78. The van der Waals surface area contributed by atoms with E-state index >= 15 is 0 Å². The van der Waals surface area contributed by atoms with Gasteiger partial charge in [-0.2, -0.15) is 0 Å². The number of rotatable bonds is 6. The summed E-state index contributed by atoms with van der Waals surface area (Å²) in [4.78, 5) is 50.5. The number of nitro benzene ring substituents is 1. The normalized spacial score (nSPS) is 18.2. The van der Waals surface area contributed by atoms with Gasteiger partial charge in [0.2, 0.25) is 0 Å². The van der Waals surface area contributed by atoms with Crippen molar-refractivity contribution in [2.45, 2.75) is 45.2 Å². The third-order valence-electron chi connectivity index (χ3n) is 5.60. The molecule has 0 radical (unpaired) electrons. The van der Waals surface area contributed by atoms with Gasteiger partial charge in [0.05, 0.1) is 10.5 Å². The highest BCUT2D eigenvalue weighted by Gasteiger charge is 2.30. The van der Waals surface area contributed by atoms with E-state index in [1.165, 1.54) is 24.3 Å². The van der Waals surface area contributed by atoms with E-state index in [4.69, 9.17) is 16.3 Å². The van der Waals surface area contributed by atoms with Crippen LogP contribution in [0.2, 0.25) is 5.02 Å². The fraction of sp³-hybridized carbons (Fsp3) is 0.348. The van der Waals surface area contributed by atoms with Crippen molar-refractivity contribution in [1.82, 2.24) is 4.90 Å². The second kappa shape index (κ2) is 9.91. The molecule has 1 aliphatic rings. The number of amides is 1. The van der Waals surface area contributed by atoms with Crippen LogP contribution in [-0.2, 0) is 9.53 Å². The van der Waals surface area contributed by atoms with Crippen molar-refractivity contribution in [2.75, 3.05) is 6.61 Å². The average molecular weight is 459 g/mol. The number of nitrogens with zero attached hydrogens (tertiary/aromatic N) is 2. The summed E-state index contributed by atoms with van der Waals surface area (Å²) in [7, 11) is 0. The summed E-state index contributed by atoms with van der Waals surface area (Å²) in [6.07, 6.45) is 2.84. The molecule has 3 rings (SSSR count). The largest absolute Gasteiger partial charge is 0.452 e. The number of nitro groups is 1. The highest BCUT2D eigenvalue weighted by atomic mass is 35.5. The third kappa shape index (κ3) is 4.96. The van der Waals surface area contributed by atoms with Crippen LogP contribution in [0.3, 0.4) is 0 Å². The van der Waals surface area contributed by atoms with Crippen molar-refractivity contribution in [3.8, 4) is 0 Å². The van der Waals surface area contributed by atoms with E-state index in [1.807, 2.05) is 13.8 Å². The predicted octanol–water partition coefficient (Wildman–Crippen LogP) is 4.43. The van der Waals surface area contributed by atoms with Crippen LogP contribution in [0.25, 0.3) is 0 Å². The molecule has 0 aromatic heterocycles. The molecule has 0 aliphatic carbocycles. The Hall–Kier alpha value is -3.26. The van der Waals surface area contributed by atoms with Crippen LogP contribution < -0.4 is 0 Å². The molecule has 2 aromatic carbocycles. The molecular formula is C23H23ClN2O6. The first-order valence-corrected chi connectivity index (χ1v) is 10.6. The molecule has 1 fully saturated rings. The maximum Gasteiger partial charge on any atom is 0.339 e. The minimum absolute atomic E-state index is 0.00777. The summed E-state index contributed by atoms with van der Waals surface area (Å²) in [5, 5.41) is 11.0. The zero-order chi connectivity index (χ0) is 23.4. The number of carbonyl (C=O) groups is 3. The Bertz CT molecular complexity index is 1060. The number of halogens is 1. The van der Waals surface area contributed by atoms with Gasteiger partial charge in [-0.15, -0.1) is 0 Å². The van der Waals surface area contributed by atoms with E-state index < -0.39 is 29.0 Å². The van der Waals surface area contributed by atoms with E-state index in [0.717, 1.165) is 25.3 Å². The van der Waals surface area contributed by atoms with Gasteiger partial charge in [-0.05, 0) is 51.3 Å². The fourth-order valence-corrected chi connectivity index (χ4v) is 4.19. The SMILES string of the molecule is C[C@@H]1CCC[C@H](C)N1C(=O)COC(=O)c1ccccc1C(=O)c1ccc(Cl)c([N+](=O)[O-])c1. The highest BCUT2D eigenvalue weighted by Crippen LogP contribution is 2.27. The van der Waals surface area contributed by atoms with Crippen molar-refractivity contribution in [1.29, 1.82) is 0 Å². The number of likely N-dealkylation sites (tertiary alicyclic amines) is 1. The first-order chi connectivity index (χ1) is 15.2. The number of benzene rings is 2. The molecule has 0 bridgehead atoms. The molecule has 32 heavy (non-hydrogen) atoms. The van der Waals surface area contributed by atoms with Gasteiger partial charge in [-0.25, -0.2) is 4.79 Å². The maximum absolute atomic E-state index is 13.0. The predicted molar refractivity (Wildman–Crippen MR) is 118 cm³/mol. The lowest BCUT2D eigenvalue weighted by Gasteiger charge is -2.38. The minimum Gasteiger partial charge on any atom is -0.452 e. The van der Waals surface area contributed by atoms with E-state index in [2.05, 4.69) is 0 Å². The molecule has 0 saturated carbocycles. The zero-order valence-corrected chi connectivity index (χ0v) is 18.5. The molecule has 2 atom stereocenters. The number of ether oxygens (including phenoxy) is 1. The van der Waals surface area contributed by atoms with Crippen molar-refractivity contribution < 1.29 is 24.0 Å². The van der Waals surface area contributed by atoms with Gasteiger partial charge >= 0.3 is 5.97 Å². The van der Waals surface area contributed by atoms with Gasteiger partial charge in [0.15, 0.2) is 12.4 Å². The molecule has 1 saturated heterocycles. The van der Waals surface area contributed by atoms with E-state index in [-0.39, 0.29) is 39.7 Å². The number of hydrogen-bond donors (Lipinski definition) is 0. The lowest BCUT2D eigenvalue weighted by atomic mass is 9.97. The van der Waals surface area contributed by atoms with E-state index in [9.17, 15) is 24.5 Å². The van der Waals surface area contributed by atoms with Crippen LogP contribution in [0.5, 0.6) is 0 Å². The number of ketones is 1. The second-order valence-corrected chi connectivity index (χ2v) is 8.21. The molecule has 168 valence electrons. The minimum atomic E-state index is -0.817. The van der Waals surface area contributed by atoms with Gasteiger partial charge in [-0.3, -0.25) is 19.7 Å². The molecule has 1 heterocycles. The maximum atomic E-state index is 13.0. The summed E-state index contributed by atoms with van der Waals surface area (Å²) < 4.78 is 5.24. The highest BCUT2D eigenvalue weighted by molar-refractivity contribution is 6.33. The van der Waals surface area contributed by atoms with Gasteiger partial charge in [0, 0.05) is 29.3 Å². The zero-order valence-electron chi connectivity index (χ0n) is 17.7. The van der Waals surface area contributed by atoms with Crippen LogP contribution in [0.4, 0.5) is 5.69 Å². The first-order valence-electron chi connectivity index (χ1n) is 10.3. The van der Waals surface area contributed by atoms with Gasteiger partial charge < -0.3 is 9.64 Å². The van der Waals surface area contributed by atoms with Crippen LogP contribution in [-0.4, -0.2) is 46.2 Å². The van der Waals surface area contributed by atoms with Crippen molar-refractivity contribution in [2.24, 2.45) is 0 Å². The van der Waals surface area contributed by atoms with Crippen LogP contribution in [0, 0.1) is 10.1 Å². The Morgan fingerprint density at radius 2 is 1.72 bits per heavy atom. The fourth-order valence-electron chi connectivity index (χ4n) is 4.00. The second-order valence-electron chi connectivity index (χ2n) is 7.80. The summed E-state index contributed by atoms with van der Waals surface area (Å²) in [5.41, 5.74) is -0.412. The molecule has 1 aliphatic heterocycles. The Morgan fingerprint density at radius 3 is 2.34 bits per heavy atom. The van der Waals surface area contributed by atoms with Gasteiger partial charge in [-0.1, -0.05) is 29.8 Å². The van der Waals surface area contributed by atoms with Crippen LogP contribution in [0.15, 0.2) is 42.5 Å². The lowest BCUT2D eigenvalue weighted by molar-refractivity contribution is -0.384. The molecular weight excluding hydrogens is 436 g/mol. The molecule has 2 aromatic rings. The number of piperidine rings is 1. The summed E-state index contributed by atoms with van der Waals surface area (Å²) in [6.45, 7) is 3.51. The Morgan fingerprint density at radius 1 is 1.09 bits per heavy atom. The molecule has 0 N–H and O–H groups in total. The molecule has 1 amide bonds. The molecule has 8 nitrogen and oxygen atoms in total. The van der Waals surface area contributed by atoms with Crippen molar-refractivity contribution >= 4 is 34.9 Å². The standard InChI is InChI=1S/C23H23ClN2O6/c1-14-6-5-7-15(2)25(14)21(27)13-32-23(29)18-9-4-3-8-17(18)22(28)16-10-11-19(24)20(12-16)26(30)31/h3-4,8-12,14-15H,5-7,13H2,1-2H3/t14-,15+. The third-order valence-corrected chi connectivity index (χ3v) is 5.92. The Kier molecular flexibility index (Phi) is 7.25. The van der Waals surface area contributed by atoms with Crippen molar-refractivity contribution in [3.63, 3.8) is 0 Å². The molecule has 0 spiro atoms. The number of carbonyl (C=O) groups excluding carboxylic acids is 3. The Balaban J connectivity index is 1.78. The van der Waals surface area contributed by atoms with E-state index in [0.29, 0.717) is 0 Å². The number of esters is 1. The smallest absolute Gasteiger partial charge is 0.339 e. The Labute approximate surface area is 190 Å².